The van der Waals surface area contributed by atoms with E-state index < -0.39 is 0 Å². The van der Waals surface area contributed by atoms with E-state index in [9.17, 15) is 4.79 Å². The molecule has 4 rings (SSSR count). The fourth-order valence-electron chi connectivity index (χ4n) is 3.76. The van der Waals surface area contributed by atoms with Crippen LogP contribution in [-0.2, 0) is 4.79 Å². The van der Waals surface area contributed by atoms with Crippen molar-refractivity contribution in [3.8, 4) is 0 Å². The molecule has 1 aromatic carbocycles. The molecule has 132 valence electrons. The summed E-state index contributed by atoms with van der Waals surface area (Å²) < 4.78 is 0. The third kappa shape index (κ3) is 3.74. The number of likely N-dealkylation sites (tertiary alicyclic amines) is 1. The van der Waals surface area contributed by atoms with Gasteiger partial charge in [0, 0.05) is 69.5 Å². The molecule has 0 saturated carbocycles. The molecular weight excluding hydrogens is 314 g/mol. The Morgan fingerprint density at radius 3 is 2.72 bits per heavy atom. The van der Waals surface area contributed by atoms with Crippen LogP contribution in [0.4, 0.5) is 5.69 Å². The predicted octanol–water partition coefficient (Wildman–Crippen LogP) is 1.76. The molecule has 3 heterocycles. The summed E-state index contributed by atoms with van der Waals surface area (Å²) in [6, 6.07) is 6.40. The first-order valence-electron chi connectivity index (χ1n) is 9.24. The Labute approximate surface area is 148 Å². The minimum Gasteiger partial charge on any atom is -0.369 e. The summed E-state index contributed by atoms with van der Waals surface area (Å²) in [6.07, 6.45) is 6.42. The molecule has 6 nitrogen and oxygen atoms in total. The van der Waals surface area contributed by atoms with Crippen LogP contribution >= 0.6 is 0 Å². The first-order chi connectivity index (χ1) is 12.3. The largest absolute Gasteiger partial charge is 0.369 e. The quantitative estimate of drug-likeness (QED) is 0.850. The second-order valence-electron chi connectivity index (χ2n) is 6.93. The maximum Gasteiger partial charge on any atom is 0.222 e. The smallest absolute Gasteiger partial charge is 0.222 e. The Morgan fingerprint density at radius 1 is 1.00 bits per heavy atom. The zero-order chi connectivity index (χ0) is 17.1. The first-order valence-corrected chi connectivity index (χ1v) is 9.24. The Balaban J connectivity index is 1.30. The lowest BCUT2D eigenvalue weighted by atomic mass is 10.1. The van der Waals surface area contributed by atoms with E-state index in [1.54, 1.807) is 6.33 Å². The maximum absolute atomic E-state index is 11.9. The van der Waals surface area contributed by atoms with Crippen molar-refractivity contribution in [3.63, 3.8) is 0 Å². The third-order valence-corrected chi connectivity index (χ3v) is 5.33. The van der Waals surface area contributed by atoms with Gasteiger partial charge in [-0.25, -0.2) is 9.97 Å². The molecule has 2 aliphatic heterocycles. The van der Waals surface area contributed by atoms with E-state index in [0.29, 0.717) is 5.91 Å². The fraction of sp³-hybridized carbons (Fsp3) is 0.526. The summed E-state index contributed by atoms with van der Waals surface area (Å²) in [5, 5.41) is 1.09. The van der Waals surface area contributed by atoms with Gasteiger partial charge < -0.3 is 9.80 Å². The average Bonchev–Trinajstić information content (AvgIpc) is 2.67. The normalized spacial score (nSPS) is 19.6. The van der Waals surface area contributed by atoms with E-state index in [0.717, 1.165) is 76.0 Å². The number of amides is 1. The topological polar surface area (TPSA) is 52.6 Å². The molecule has 2 fully saturated rings. The molecule has 0 N–H and O–H groups in total. The standard InChI is InChI=1S/C19H25N5O/c25-19-3-1-2-6-24(19)12-9-22-7-10-23(11-8-22)17-4-5-18-16(13-17)14-20-15-21-18/h4-5,13-15H,1-3,6-12H2. The van der Waals surface area contributed by atoms with Crippen LogP contribution in [0.3, 0.4) is 0 Å². The van der Waals surface area contributed by atoms with E-state index in [1.165, 1.54) is 5.69 Å². The minimum absolute atomic E-state index is 0.336. The fourth-order valence-corrected chi connectivity index (χ4v) is 3.76. The summed E-state index contributed by atoms with van der Waals surface area (Å²) in [5.74, 6) is 0.336. The number of piperazine rings is 1. The Hall–Kier alpha value is -2.21. The molecule has 0 atom stereocenters. The highest BCUT2D eigenvalue weighted by atomic mass is 16.2. The van der Waals surface area contributed by atoms with Gasteiger partial charge in [0.2, 0.25) is 5.91 Å². The van der Waals surface area contributed by atoms with Gasteiger partial charge in [-0.15, -0.1) is 0 Å². The number of benzene rings is 1. The number of carbonyl (C=O) groups is 1. The molecule has 1 aromatic heterocycles. The van der Waals surface area contributed by atoms with Gasteiger partial charge in [-0.1, -0.05) is 0 Å². The second kappa shape index (κ2) is 7.35. The highest BCUT2D eigenvalue weighted by molar-refractivity contribution is 5.81. The zero-order valence-corrected chi connectivity index (χ0v) is 14.6. The molecule has 0 aliphatic carbocycles. The van der Waals surface area contributed by atoms with E-state index in [4.69, 9.17) is 0 Å². The number of carbonyl (C=O) groups excluding carboxylic acids is 1. The van der Waals surface area contributed by atoms with Crippen molar-refractivity contribution in [1.29, 1.82) is 0 Å². The monoisotopic (exact) mass is 339 g/mol. The number of nitrogens with zero attached hydrogens (tertiary/aromatic N) is 5. The average molecular weight is 339 g/mol. The number of piperidine rings is 1. The molecule has 6 heteroatoms. The van der Waals surface area contributed by atoms with E-state index in [2.05, 4.69) is 38.0 Å². The van der Waals surface area contributed by atoms with Crippen LogP contribution in [0, 0.1) is 0 Å². The molecular formula is C19H25N5O. The second-order valence-corrected chi connectivity index (χ2v) is 6.93. The lowest BCUT2D eigenvalue weighted by Gasteiger charge is -2.37. The lowest BCUT2D eigenvalue weighted by molar-refractivity contribution is -0.133. The van der Waals surface area contributed by atoms with E-state index in [1.807, 2.05) is 11.1 Å². The molecule has 0 spiro atoms. The van der Waals surface area contributed by atoms with Crippen LogP contribution in [0.2, 0.25) is 0 Å². The molecule has 1 amide bonds. The van der Waals surface area contributed by atoms with Crippen molar-refractivity contribution in [1.82, 2.24) is 19.8 Å². The number of hydrogen-bond donors (Lipinski definition) is 0. The van der Waals surface area contributed by atoms with Crippen molar-refractivity contribution in [3.05, 3.63) is 30.7 Å². The van der Waals surface area contributed by atoms with Gasteiger partial charge in [0.05, 0.1) is 5.52 Å². The zero-order valence-electron chi connectivity index (χ0n) is 14.6. The summed E-state index contributed by atoms with van der Waals surface area (Å²) in [6.45, 7) is 6.95. The molecule has 0 bridgehead atoms. The molecule has 2 aromatic rings. The van der Waals surface area contributed by atoms with Gasteiger partial charge in [0.25, 0.3) is 0 Å². The van der Waals surface area contributed by atoms with Crippen molar-refractivity contribution < 1.29 is 4.79 Å². The summed E-state index contributed by atoms with van der Waals surface area (Å²) >= 11 is 0. The maximum atomic E-state index is 11.9. The molecule has 0 unspecified atom stereocenters. The number of anilines is 1. The highest BCUT2D eigenvalue weighted by Crippen LogP contribution is 2.21. The third-order valence-electron chi connectivity index (χ3n) is 5.33. The Bertz CT molecular complexity index is 741. The van der Waals surface area contributed by atoms with Gasteiger partial charge in [0.15, 0.2) is 0 Å². The van der Waals surface area contributed by atoms with Crippen molar-refractivity contribution >= 4 is 22.5 Å². The Morgan fingerprint density at radius 2 is 1.88 bits per heavy atom. The van der Waals surface area contributed by atoms with Gasteiger partial charge in [-0.3, -0.25) is 9.69 Å². The first kappa shape index (κ1) is 16.3. The minimum atomic E-state index is 0.336. The molecule has 2 aliphatic rings. The van der Waals surface area contributed by atoms with Gasteiger partial charge in [-0.2, -0.15) is 0 Å². The van der Waals surface area contributed by atoms with Gasteiger partial charge >= 0.3 is 0 Å². The van der Waals surface area contributed by atoms with Gasteiger partial charge in [0.1, 0.15) is 6.33 Å². The number of fused-ring (bicyclic) bond motifs is 1. The number of rotatable bonds is 4. The predicted molar refractivity (Wildman–Crippen MR) is 98.6 cm³/mol. The summed E-state index contributed by atoms with van der Waals surface area (Å²) in [5.41, 5.74) is 2.23. The number of hydrogen-bond acceptors (Lipinski definition) is 5. The van der Waals surface area contributed by atoms with E-state index >= 15 is 0 Å². The van der Waals surface area contributed by atoms with Gasteiger partial charge in [-0.05, 0) is 31.0 Å². The van der Waals surface area contributed by atoms with Crippen LogP contribution < -0.4 is 4.90 Å². The van der Waals surface area contributed by atoms with Crippen LogP contribution in [0.15, 0.2) is 30.7 Å². The van der Waals surface area contributed by atoms with Crippen LogP contribution in [0.5, 0.6) is 0 Å². The lowest BCUT2D eigenvalue weighted by Crippen LogP contribution is -2.49. The van der Waals surface area contributed by atoms with Crippen LogP contribution in [-0.4, -0.2) is 71.5 Å². The van der Waals surface area contributed by atoms with Crippen molar-refractivity contribution in [2.75, 3.05) is 50.7 Å². The van der Waals surface area contributed by atoms with Crippen LogP contribution in [0.1, 0.15) is 19.3 Å². The van der Waals surface area contributed by atoms with E-state index in [-0.39, 0.29) is 0 Å². The van der Waals surface area contributed by atoms with Crippen molar-refractivity contribution in [2.45, 2.75) is 19.3 Å². The Kier molecular flexibility index (Phi) is 4.78. The van der Waals surface area contributed by atoms with Crippen LogP contribution in [0.25, 0.3) is 10.9 Å². The summed E-state index contributed by atoms with van der Waals surface area (Å²) in [7, 11) is 0. The molecule has 0 radical (unpaired) electrons. The van der Waals surface area contributed by atoms with Crippen molar-refractivity contribution in [2.24, 2.45) is 0 Å². The molecule has 25 heavy (non-hydrogen) atoms. The summed E-state index contributed by atoms with van der Waals surface area (Å²) in [4.78, 5) is 27.2. The SMILES string of the molecule is O=C1CCCCN1CCN1CCN(c2ccc3ncncc3c2)CC1. The highest BCUT2D eigenvalue weighted by Gasteiger charge is 2.21. The number of aromatic nitrogens is 2. The molecule has 2 saturated heterocycles.